The number of amides is 2. The minimum atomic E-state index is -4.42. The molecule has 2 amide bonds. The second kappa shape index (κ2) is 11.1. The number of nitrogens with zero attached hydrogens (tertiary/aromatic N) is 2. The molecule has 3 aromatic carbocycles. The minimum absolute atomic E-state index is 0.203. The van der Waals surface area contributed by atoms with E-state index in [1.54, 1.807) is 41.4 Å². The summed E-state index contributed by atoms with van der Waals surface area (Å²) >= 11 is 12.5. The van der Waals surface area contributed by atoms with Gasteiger partial charge in [-0.15, -0.1) is 0 Å². The summed E-state index contributed by atoms with van der Waals surface area (Å²) in [6, 6.07) is 22.8. The van der Waals surface area contributed by atoms with E-state index in [1.165, 1.54) is 6.07 Å². The van der Waals surface area contributed by atoms with E-state index in [-0.39, 0.29) is 13.1 Å². The van der Waals surface area contributed by atoms with Crippen molar-refractivity contribution in [2.24, 2.45) is 0 Å². The van der Waals surface area contributed by atoms with Gasteiger partial charge in [0.1, 0.15) is 0 Å². The zero-order valence-electron chi connectivity index (χ0n) is 19.0. The standard InChI is InChI=1S/C27H22Cl2F3N3O/c28-23-12-5-13-24(29)25(23)33-26(36)35(16-19-7-2-1-3-8-19)18-22-11-6-14-34(22)17-20-9-4-10-21(15-20)27(30,31)32/h1-15H,16-18H2,(H,33,36). The summed E-state index contributed by atoms with van der Waals surface area (Å²) in [5.74, 6) is 0. The SMILES string of the molecule is O=C(Nc1c(Cl)cccc1Cl)N(Cc1ccccc1)Cc1cccn1Cc1cccc(C(F)(F)F)c1. The van der Waals surface area contributed by atoms with Gasteiger partial charge in [-0.25, -0.2) is 4.79 Å². The monoisotopic (exact) mass is 531 g/mol. The average Bonchev–Trinajstić information content (AvgIpc) is 3.27. The molecule has 0 aliphatic carbocycles. The zero-order chi connectivity index (χ0) is 25.7. The van der Waals surface area contributed by atoms with Gasteiger partial charge in [-0.2, -0.15) is 13.2 Å². The molecule has 4 aromatic rings. The number of nitrogens with one attached hydrogen (secondary N) is 1. The zero-order valence-corrected chi connectivity index (χ0v) is 20.5. The molecule has 0 bridgehead atoms. The van der Waals surface area contributed by atoms with Gasteiger partial charge in [0.05, 0.1) is 27.8 Å². The van der Waals surface area contributed by atoms with Gasteiger partial charge >= 0.3 is 12.2 Å². The Bertz CT molecular complexity index is 1320. The molecule has 0 fully saturated rings. The summed E-state index contributed by atoms with van der Waals surface area (Å²) < 4.78 is 41.3. The number of benzene rings is 3. The molecule has 0 unspecified atom stereocenters. The number of hydrogen-bond acceptors (Lipinski definition) is 1. The molecule has 0 atom stereocenters. The maximum atomic E-state index is 13.3. The highest BCUT2D eigenvalue weighted by atomic mass is 35.5. The number of carbonyl (C=O) groups excluding carboxylic acids is 1. The molecule has 4 rings (SSSR count). The lowest BCUT2D eigenvalue weighted by atomic mass is 10.1. The fourth-order valence-corrected chi connectivity index (χ4v) is 4.28. The van der Waals surface area contributed by atoms with Gasteiger partial charge in [-0.1, -0.05) is 71.7 Å². The van der Waals surface area contributed by atoms with Gasteiger partial charge in [0.25, 0.3) is 0 Å². The van der Waals surface area contributed by atoms with Crippen LogP contribution in [0.5, 0.6) is 0 Å². The molecule has 0 aliphatic rings. The molecule has 36 heavy (non-hydrogen) atoms. The first kappa shape index (κ1) is 25.7. The van der Waals surface area contributed by atoms with Gasteiger partial charge in [0.15, 0.2) is 0 Å². The van der Waals surface area contributed by atoms with Crippen LogP contribution in [0.1, 0.15) is 22.4 Å². The van der Waals surface area contributed by atoms with Gasteiger partial charge in [0.2, 0.25) is 0 Å². The molecular formula is C27H22Cl2F3N3O. The van der Waals surface area contributed by atoms with Gasteiger partial charge in [0, 0.05) is 25.0 Å². The molecule has 186 valence electrons. The topological polar surface area (TPSA) is 37.3 Å². The average molecular weight is 532 g/mol. The lowest BCUT2D eigenvalue weighted by molar-refractivity contribution is -0.137. The Labute approximate surface area is 216 Å². The Morgan fingerprint density at radius 2 is 1.50 bits per heavy atom. The number of urea groups is 1. The smallest absolute Gasteiger partial charge is 0.345 e. The van der Waals surface area contributed by atoms with Crippen LogP contribution in [0, 0.1) is 0 Å². The second-order valence-corrected chi connectivity index (χ2v) is 9.01. The number of halogens is 5. The van der Waals surface area contributed by atoms with Crippen LogP contribution in [0.15, 0.2) is 91.1 Å². The van der Waals surface area contributed by atoms with Crippen LogP contribution >= 0.6 is 23.2 Å². The normalized spacial score (nSPS) is 11.4. The number of anilines is 1. The molecule has 4 nitrogen and oxygen atoms in total. The van der Waals surface area contributed by atoms with Crippen LogP contribution in [-0.4, -0.2) is 15.5 Å². The number of hydrogen-bond donors (Lipinski definition) is 1. The molecule has 0 saturated heterocycles. The van der Waals surface area contributed by atoms with E-state index in [9.17, 15) is 18.0 Å². The Morgan fingerprint density at radius 3 is 2.19 bits per heavy atom. The van der Waals surface area contributed by atoms with Crippen LogP contribution in [0.4, 0.5) is 23.7 Å². The maximum absolute atomic E-state index is 13.3. The molecule has 0 radical (unpaired) electrons. The summed E-state index contributed by atoms with van der Waals surface area (Å²) in [4.78, 5) is 14.9. The minimum Gasteiger partial charge on any atom is -0.345 e. The van der Waals surface area contributed by atoms with Crippen molar-refractivity contribution >= 4 is 34.9 Å². The first-order valence-electron chi connectivity index (χ1n) is 11.0. The molecular weight excluding hydrogens is 510 g/mol. The number of rotatable bonds is 7. The largest absolute Gasteiger partial charge is 0.416 e. The van der Waals surface area contributed by atoms with Crippen LogP contribution in [0.25, 0.3) is 0 Å². The van der Waals surface area contributed by atoms with E-state index in [0.717, 1.165) is 23.4 Å². The van der Waals surface area contributed by atoms with E-state index < -0.39 is 17.8 Å². The predicted molar refractivity (Wildman–Crippen MR) is 136 cm³/mol. The molecule has 1 N–H and O–H groups in total. The quantitative estimate of drug-likeness (QED) is 0.257. The van der Waals surface area contributed by atoms with Crippen molar-refractivity contribution in [2.75, 3.05) is 5.32 Å². The third kappa shape index (κ3) is 6.42. The lowest BCUT2D eigenvalue weighted by Crippen LogP contribution is -2.35. The highest BCUT2D eigenvalue weighted by Gasteiger charge is 2.30. The van der Waals surface area contributed by atoms with Crippen molar-refractivity contribution in [2.45, 2.75) is 25.8 Å². The summed E-state index contributed by atoms with van der Waals surface area (Å²) in [6.45, 7) is 0.724. The molecule has 0 saturated carbocycles. The van der Waals surface area contributed by atoms with E-state index in [2.05, 4.69) is 5.32 Å². The van der Waals surface area contributed by atoms with Gasteiger partial charge < -0.3 is 14.8 Å². The highest BCUT2D eigenvalue weighted by Crippen LogP contribution is 2.31. The lowest BCUT2D eigenvalue weighted by Gasteiger charge is -2.25. The van der Waals surface area contributed by atoms with E-state index >= 15 is 0 Å². The Kier molecular flexibility index (Phi) is 7.91. The van der Waals surface area contributed by atoms with Crippen LogP contribution in [0.2, 0.25) is 10.0 Å². The summed E-state index contributed by atoms with van der Waals surface area (Å²) in [7, 11) is 0. The van der Waals surface area contributed by atoms with E-state index in [0.29, 0.717) is 27.8 Å². The fourth-order valence-electron chi connectivity index (χ4n) is 3.79. The van der Waals surface area contributed by atoms with Crippen molar-refractivity contribution in [1.82, 2.24) is 9.47 Å². The van der Waals surface area contributed by atoms with Crippen molar-refractivity contribution < 1.29 is 18.0 Å². The van der Waals surface area contributed by atoms with E-state index in [1.807, 2.05) is 41.0 Å². The molecule has 9 heteroatoms. The van der Waals surface area contributed by atoms with Crippen molar-refractivity contribution in [3.8, 4) is 0 Å². The number of para-hydroxylation sites is 1. The van der Waals surface area contributed by atoms with Crippen LogP contribution in [0.3, 0.4) is 0 Å². The Morgan fingerprint density at radius 1 is 0.833 bits per heavy atom. The van der Waals surface area contributed by atoms with Crippen molar-refractivity contribution in [1.29, 1.82) is 0 Å². The Balaban J connectivity index is 1.58. The van der Waals surface area contributed by atoms with Crippen molar-refractivity contribution in [3.05, 3.63) is 124 Å². The summed E-state index contributed by atoms with van der Waals surface area (Å²) in [6.07, 6.45) is -2.64. The molecule has 1 heterocycles. The molecule has 0 spiro atoms. The number of alkyl halides is 3. The maximum Gasteiger partial charge on any atom is 0.416 e. The fraction of sp³-hybridized carbons (Fsp3) is 0.148. The molecule has 0 aliphatic heterocycles. The first-order chi connectivity index (χ1) is 17.2. The van der Waals surface area contributed by atoms with Crippen molar-refractivity contribution in [3.63, 3.8) is 0 Å². The van der Waals surface area contributed by atoms with Crippen LogP contribution < -0.4 is 5.32 Å². The number of carbonyl (C=O) groups is 1. The summed E-state index contributed by atoms with van der Waals surface area (Å²) in [5.41, 5.74) is 1.78. The van der Waals surface area contributed by atoms with Gasteiger partial charge in [-0.05, 0) is 47.5 Å². The highest BCUT2D eigenvalue weighted by molar-refractivity contribution is 6.39. The third-order valence-corrected chi connectivity index (χ3v) is 6.21. The van der Waals surface area contributed by atoms with E-state index in [4.69, 9.17) is 23.2 Å². The Hall–Kier alpha value is -3.42. The summed E-state index contributed by atoms with van der Waals surface area (Å²) in [5, 5.41) is 3.41. The number of aromatic nitrogens is 1. The molecule has 1 aromatic heterocycles. The first-order valence-corrected chi connectivity index (χ1v) is 11.8. The van der Waals surface area contributed by atoms with Crippen LogP contribution in [-0.2, 0) is 25.8 Å². The predicted octanol–water partition coefficient (Wildman–Crippen LogP) is 8.10. The second-order valence-electron chi connectivity index (χ2n) is 8.19. The van der Waals surface area contributed by atoms with Gasteiger partial charge in [-0.3, -0.25) is 0 Å². The third-order valence-electron chi connectivity index (χ3n) is 5.58.